The van der Waals surface area contributed by atoms with Crippen molar-refractivity contribution in [3.63, 3.8) is 0 Å². The highest BCUT2D eigenvalue weighted by atomic mass is 35.5. The highest BCUT2D eigenvalue weighted by Crippen LogP contribution is 2.32. The van der Waals surface area contributed by atoms with Gasteiger partial charge in [-0.1, -0.05) is 47.7 Å². The summed E-state index contributed by atoms with van der Waals surface area (Å²) >= 11 is 12.4. The summed E-state index contributed by atoms with van der Waals surface area (Å²) in [5, 5.41) is 3.41. The molecule has 1 fully saturated rings. The summed E-state index contributed by atoms with van der Waals surface area (Å²) in [6.45, 7) is 1.41. The minimum atomic E-state index is -0.251. The number of carbonyl (C=O) groups is 2. The molecule has 25 heavy (non-hydrogen) atoms. The Morgan fingerprint density at radius 2 is 2.20 bits per heavy atom. The first-order valence-electron chi connectivity index (χ1n) is 7.79. The van der Waals surface area contributed by atoms with Gasteiger partial charge in [0, 0.05) is 11.6 Å². The van der Waals surface area contributed by atoms with E-state index < -0.39 is 0 Å². The third kappa shape index (κ3) is 6.11. The van der Waals surface area contributed by atoms with Crippen LogP contribution in [0.5, 0.6) is 0 Å². The lowest BCUT2D eigenvalue weighted by Gasteiger charge is -2.14. The summed E-state index contributed by atoms with van der Waals surface area (Å²) in [5.74, 6) is -0.461. The van der Waals surface area contributed by atoms with E-state index >= 15 is 0 Å². The van der Waals surface area contributed by atoms with Gasteiger partial charge in [0.2, 0.25) is 5.91 Å². The molecule has 2 rings (SSSR count). The molecule has 1 saturated heterocycles. The van der Waals surface area contributed by atoms with Crippen molar-refractivity contribution in [1.29, 1.82) is 0 Å². The molecule has 0 aliphatic carbocycles. The first-order valence-corrected chi connectivity index (χ1v) is 9.39. The predicted octanol–water partition coefficient (Wildman–Crippen LogP) is 2.61. The number of nitrogens with zero attached hydrogens (tertiary/aromatic N) is 2. The van der Waals surface area contributed by atoms with Crippen molar-refractivity contribution in [3.8, 4) is 0 Å². The number of carbonyl (C=O) groups excluding carboxylic acids is 2. The van der Waals surface area contributed by atoms with Gasteiger partial charge in [-0.2, -0.15) is 0 Å². The largest absolute Gasteiger partial charge is 0.354 e. The number of rotatable bonds is 7. The van der Waals surface area contributed by atoms with E-state index in [9.17, 15) is 9.59 Å². The molecular weight excluding hydrogens is 378 g/mol. The number of thioether (sulfide) groups is 1. The zero-order chi connectivity index (χ0) is 18.4. The lowest BCUT2D eigenvalue weighted by atomic mass is 10.2. The lowest BCUT2D eigenvalue weighted by Crippen LogP contribution is -2.40. The monoisotopic (exact) mass is 397 g/mol. The molecule has 134 valence electrons. The Hall–Kier alpha value is -1.41. The van der Waals surface area contributed by atoms with E-state index in [4.69, 9.17) is 23.8 Å². The van der Waals surface area contributed by atoms with E-state index in [0.29, 0.717) is 20.8 Å². The minimum Gasteiger partial charge on any atom is -0.354 e. The van der Waals surface area contributed by atoms with Crippen LogP contribution in [0.15, 0.2) is 29.2 Å². The standard InChI is InChI=1S/C17H20ClN3O2S2/c1-20(2)8-4-7-19-15(22)11-21-16(23)14(25-17(21)24)10-12-5-3-6-13(18)9-12/h3,5-6,9-10H,4,7-8,11H2,1-2H3,(H,19,22)/b14-10-. The molecule has 1 N–H and O–H groups in total. The molecular formula is C17H20ClN3O2S2. The molecule has 0 aromatic heterocycles. The Bertz CT molecular complexity index is 707. The Kier molecular flexibility index (Phi) is 7.43. The first kappa shape index (κ1) is 19.9. The molecule has 0 unspecified atom stereocenters. The van der Waals surface area contributed by atoms with E-state index in [0.717, 1.165) is 18.5 Å². The van der Waals surface area contributed by atoms with Crippen molar-refractivity contribution in [2.75, 3.05) is 33.7 Å². The van der Waals surface area contributed by atoms with Crippen LogP contribution in [0.2, 0.25) is 5.02 Å². The Labute approximate surface area is 162 Å². The van der Waals surface area contributed by atoms with Crippen LogP contribution in [0.1, 0.15) is 12.0 Å². The van der Waals surface area contributed by atoms with Crippen molar-refractivity contribution >= 4 is 57.8 Å². The Morgan fingerprint density at radius 3 is 2.88 bits per heavy atom. The topological polar surface area (TPSA) is 52.7 Å². The Morgan fingerprint density at radius 1 is 1.44 bits per heavy atom. The SMILES string of the molecule is CN(C)CCCNC(=O)CN1C(=O)/C(=C/c2cccc(Cl)c2)SC1=S. The van der Waals surface area contributed by atoms with Gasteiger partial charge in [-0.15, -0.1) is 0 Å². The summed E-state index contributed by atoms with van der Waals surface area (Å²) < 4.78 is 0.390. The predicted molar refractivity (Wildman–Crippen MR) is 108 cm³/mol. The summed E-state index contributed by atoms with van der Waals surface area (Å²) in [6, 6.07) is 7.21. The van der Waals surface area contributed by atoms with Gasteiger partial charge in [0.25, 0.3) is 5.91 Å². The van der Waals surface area contributed by atoms with Crippen molar-refractivity contribution in [2.45, 2.75) is 6.42 Å². The van der Waals surface area contributed by atoms with Gasteiger partial charge in [-0.05, 0) is 50.8 Å². The molecule has 2 amide bonds. The van der Waals surface area contributed by atoms with E-state index in [1.807, 2.05) is 26.2 Å². The average molecular weight is 398 g/mol. The highest BCUT2D eigenvalue weighted by Gasteiger charge is 2.33. The summed E-state index contributed by atoms with van der Waals surface area (Å²) in [6.07, 6.45) is 2.59. The quantitative estimate of drug-likeness (QED) is 0.435. The van der Waals surface area contributed by atoms with Crippen molar-refractivity contribution in [2.24, 2.45) is 0 Å². The fourth-order valence-electron chi connectivity index (χ4n) is 2.21. The van der Waals surface area contributed by atoms with Crippen LogP contribution < -0.4 is 5.32 Å². The zero-order valence-electron chi connectivity index (χ0n) is 14.1. The molecule has 1 aliphatic heterocycles. The second kappa shape index (κ2) is 9.33. The normalized spacial score (nSPS) is 16.2. The number of hydrogen-bond acceptors (Lipinski definition) is 5. The van der Waals surface area contributed by atoms with Crippen LogP contribution in [0.25, 0.3) is 6.08 Å². The fraction of sp³-hybridized carbons (Fsp3) is 0.353. The van der Waals surface area contributed by atoms with Gasteiger partial charge >= 0.3 is 0 Å². The van der Waals surface area contributed by atoms with Crippen LogP contribution in [-0.4, -0.2) is 59.7 Å². The molecule has 1 aliphatic rings. The maximum Gasteiger partial charge on any atom is 0.266 e. The van der Waals surface area contributed by atoms with E-state index in [2.05, 4.69) is 10.2 Å². The van der Waals surface area contributed by atoms with Crippen molar-refractivity contribution in [1.82, 2.24) is 15.1 Å². The molecule has 0 spiro atoms. The molecule has 0 bridgehead atoms. The molecule has 8 heteroatoms. The maximum absolute atomic E-state index is 12.5. The molecule has 0 atom stereocenters. The van der Waals surface area contributed by atoms with Gasteiger partial charge in [-0.25, -0.2) is 0 Å². The Balaban J connectivity index is 1.93. The molecule has 1 aromatic carbocycles. The van der Waals surface area contributed by atoms with E-state index in [-0.39, 0.29) is 18.4 Å². The van der Waals surface area contributed by atoms with Gasteiger partial charge < -0.3 is 10.2 Å². The van der Waals surface area contributed by atoms with Crippen LogP contribution in [0, 0.1) is 0 Å². The second-order valence-corrected chi connectivity index (χ2v) is 7.94. The highest BCUT2D eigenvalue weighted by molar-refractivity contribution is 8.26. The summed E-state index contributed by atoms with van der Waals surface area (Å²) in [5.41, 5.74) is 0.820. The maximum atomic E-state index is 12.5. The molecule has 0 radical (unpaired) electrons. The van der Waals surface area contributed by atoms with Gasteiger partial charge in [-0.3, -0.25) is 14.5 Å². The van der Waals surface area contributed by atoms with Crippen LogP contribution in [-0.2, 0) is 9.59 Å². The van der Waals surface area contributed by atoms with E-state index in [1.165, 1.54) is 16.7 Å². The number of hydrogen-bond donors (Lipinski definition) is 1. The van der Waals surface area contributed by atoms with E-state index in [1.54, 1.807) is 18.2 Å². The number of nitrogens with one attached hydrogen (secondary N) is 1. The molecule has 1 aromatic rings. The number of amides is 2. The number of halogens is 1. The average Bonchev–Trinajstić information content (AvgIpc) is 2.79. The van der Waals surface area contributed by atoms with Crippen LogP contribution in [0.3, 0.4) is 0 Å². The summed E-state index contributed by atoms with van der Waals surface area (Å²) in [7, 11) is 3.96. The van der Waals surface area contributed by atoms with Crippen LogP contribution in [0.4, 0.5) is 0 Å². The molecule has 0 saturated carbocycles. The second-order valence-electron chi connectivity index (χ2n) is 5.83. The fourth-order valence-corrected chi connectivity index (χ4v) is 3.66. The minimum absolute atomic E-state index is 0.0560. The zero-order valence-corrected chi connectivity index (χ0v) is 16.5. The first-order chi connectivity index (χ1) is 11.9. The van der Waals surface area contributed by atoms with Gasteiger partial charge in [0.15, 0.2) is 0 Å². The lowest BCUT2D eigenvalue weighted by molar-refractivity contribution is -0.128. The molecule has 5 nitrogen and oxygen atoms in total. The van der Waals surface area contributed by atoms with Crippen molar-refractivity contribution in [3.05, 3.63) is 39.8 Å². The number of thiocarbonyl (C=S) groups is 1. The number of benzene rings is 1. The van der Waals surface area contributed by atoms with Crippen molar-refractivity contribution < 1.29 is 9.59 Å². The summed E-state index contributed by atoms with van der Waals surface area (Å²) in [4.78, 5) is 28.4. The smallest absolute Gasteiger partial charge is 0.266 e. The van der Waals surface area contributed by atoms with Gasteiger partial charge in [0.05, 0.1) is 4.91 Å². The van der Waals surface area contributed by atoms with Gasteiger partial charge in [0.1, 0.15) is 10.9 Å². The third-order valence-corrected chi connectivity index (χ3v) is 5.04. The third-order valence-electron chi connectivity index (χ3n) is 3.43. The molecule has 1 heterocycles. The van der Waals surface area contributed by atoms with Crippen LogP contribution >= 0.6 is 35.6 Å².